The number of anilines is 1. The third-order valence-corrected chi connectivity index (χ3v) is 4.42. The Bertz CT molecular complexity index is 572. The molecular formula is C17H22N2O4. The van der Waals surface area contributed by atoms with E-state index >= 15 is 0 Å². The highest BCUT2D eigenvalue weighted by atomic mass is 16.5. The number of carbonyl (C=O) groups excluding carboxylic acids is 2. The van der Waals surface area contributed by atoms with Crippen molar-refractivity contribution >= 4 is 17.5 Å². The number of hydrogen-bond donors (Lipinski definition) is 1. The van der Waals surface area contributed by atoms with E-state index in [2.05, 4.69) is 5.32 Å². The monoisotopic (exact) mass is 318 g/mol. The number of morpholine rings is 1. The number of ether oxygens (including phenoxy) is 2. The minimum Gasteiger partial charge on any atom is -0.497 e. The van der Waals surface area contributed by atoms with Crippen molar-refractivity contribution in [3.05, 3.63) is 24.3 Å². The molecule has 0 aromatic heterocycles. The first kappa shape index (κ1) is 15.8. The maximum absolute atomic E-state index is 12.4. The highest BCUT2D eigenvalue weighted by molar-refractivity contribution is 5.95. The number of nitrogens with zero attached hydrogens (tertiary/aromatic N) is 1. The summed E-state index contributed by atoms with van der Waals surface area (Å²) >= 11 is 0. The predicted molar refractivity (Wildman–Crippen MR) is 85.3 cm³/mol. The van der Waals surface area contributed by atoms with Gasteiger partial charge >= 0.3 is 0 Å². The number of fused-ring (bicyclic) bond motifs is 1. The van der Waals surface area contributed by atoms with Crippen LogP contribution in [0.3, 0.4) is 0 Å². The zero-order valence-corrected chi connectivity index (χ0v) is 13.3. The van der Waals surface area contributed by atoms with E-state index in [0.29, 0.717) is 12.3 Å². The number of carbonyl (C=O) groups is 2. The van der Waals surface area contributed by atoms with E-state index in [1.54, 1.807) is 31.4 Å². The average molecular weight is 318 g/mol. The number of benzene rings is 1. The Morgan fingerprint density at radius 3 is 2.87 bits per heavy atom. The van der Waals surface area contributed by atoms with Gasteiger partial charge in [-0.2, -0.15) is 0 Å². The topological polar surface area (TPSA) is 67.9 Å². The van der Waals surface area contributed by atoms with Crippen molar-refractivity contribution in [3.8, 4) is 5.75 Å². The number of piperidine rings is 1. The summed E-state index contributed by atoms with van der Waals surface area (Å²) in [6, 6.07) is 7.27. The second-order valence-corrected chi connectivity index (χ2v) is 5.98. The first-order valence-electron chi connectivity index (χ1n) is 8.03. The minimum atomic E-state index is -0.664. The van der Waals surface area contributed by atoms with Gasteiger partial charge in [-0.1, -0.05) is 0 Å². The Kier molecular flexibility index (Phi) is 4.81. The normalized spacial score (nSPS) is 24.0. The molecule has 1 aromatic carbocycles. The van der Waals surface area contributed by atoms with E-state index in [9.17, 15) is 9.59 Å². The molecule has 2 aliphatic heterocycles. The van der Waals surface area contributed by atoms with E-state index in [1.807, 2.05) is 4.90 Å². The van der Waals surface area contributed by atoms with Gasteiger partial charge in [0.1, 0.15) is 11.9 Å². The van der Waals surface area contributed by atoms with Crippen molar-refractivity contribution in [1.82, 2.24) is 4.90 Å². The van der Waals surface area contributed by atoms with E-state index in [4.69, 9.17) is 9.47 Å². The lowest BCUT2D eigenvalue weighted by Gasteiger charge is -2.41. The molecule has 0 radical (unpaired) electrons. The Labute approximate surface area is 135 Å². The zero-order chi connectivity index (χ0) is 16.2. The van der Waals surface area contributed by atoms with Gasteiger partial charge in [-0.05, 0) is 43.5 Å². The fourth-order valence-corrected chi connectivity index (χ4v) is 3.15. The van der Waals surface area contributed by atoms with E-state index in [-0.39, 0.29) is 24.3 Å². The molecule has 2 unspecified atom stereocenters. The van der Waals surface area contributed by atoms with Gasteiger partial charge in [0.2, 0.25) is 5.91 Å². The largest absolute Gasteiger partial charge is 0.497 e. The maximum Gasteiger partial charge on any atom is 0.252 e. The highest BCUT2D eigenvalue weighted by Gasteiger charge is 2.38. The van der Waals surface area contributed by atoms with Gasteiger partial charge in [-0.3, -0.25) is 9.59 Å². The molecule has 124 valence electrons. The van der Waals surface area contributed by atoms with Crippen LogP contribution in [0.1, 0.15) is 25.7 Å². The van der Waals surface area contributed by atoms with Gasteiger partial charge in [-0.15, -0.1) is 0 Å². The van der Waals surface area contributed by atoms with Crippen LogP contribution in [0.2, 0.25) is 0 Å². The summed E-state index contributed by atoms with van der Waals surface area (Å²) in [4.78, 5) is 26.5. The molecule has 2 fully saturated rings. The van der Waals surface area contributed by atoms with Gasteiger partial charge < -0.3 is 19.7 Å². The number of hydrogen-bond acceptors (Lipinski definition) is 4. The molecule has 2 aliphatic rings. The Hall–Kier alpha value is -2.08. The molecule has 23 heavy (non-hydrogen) atoms. The lowest BCUT2D eigenvalue weighted by atomic mass is 9.99. The molecular weight excluding hydrogens is 296 g/mol. The fourth-order valence-electron chi connectivity index (χ4n) is 3.15. The molecule has 2 heterocycles. The van der Waals surface area contributed by atoms with Gasteiger partial charge in [-0.25, -0.2) is 0 Å². The van der Waals surface area contributed by atoms with Crippen molar-refractivity contribution in [3.63, 3.8) is 0 Å². The second kappa shape index (κ2) is 7.00. The van der Waals surface area contributed by atoms with Crippen molar-refractivity contribution in [1.29, 1.82) is 0 Å². The van der Waals surface area contributed by atoms with Gasteiger partial charge in [0.25, 0.3) is 5.91 Å². The molecule has 2 saturated heterocycles. The first-order valence-corrected chi connectivity index (χ1v) is 8.03. The molecule has 1 N–H and O–H groups in total. The van der Waals surface area contributed by atoms with Crippen LogP contribution in [0.15, 0.2) is 24.3 Å². The van der Waals surface area contributed by atoms with Crippen LogP contribution in [0.25, 0.3) is 0 Å². The third kappa shape index (κ3) is 3.64. The van der Waals surface area contributed by atoms with Crippen molar-refractivity contribution < 1.29 is 19.1 Å². The molecule has 0 aliphatic carbocycles. The van der Waals surface area contributed by atoms with Gasteiger partial charge in [0.15, 0.2) is 0 Å². The molecule has 6 heteroatoms. The molecule has 6 nitrogen and oxygen atoms in total. The molecule has 2 amide bonds. The number of rotatable bonds is 4. The Morgan fingerprint density at radius 1 is 1.35 bits per heavy atom. The summed E-state index contributed by atoms with van der Waals surface area (Å²) in [5.74, 6) is 0.458. The van der Waals surface area contributed by atoms with Crippen molar-refractivity contribution in [2.45, 2.75) is 37.8 Å². The Morgan fingerprint density at radius 2 is 2.13 bits per heavy atom. The van der Waals surface area contributed by atoms with E-state index in [1.165, 1.54) is 0 Å². The Balaban J connectivity index is 1.55. The highest BCUT2D eigenvalue weighted by Crippen LogP contribution is 2.24. The van der Waals surface area contributed by atoms with Crippen LogP contribution < -0.4 is 10.1 Å². The molecule has 2 atom stereocenters. The SMILES string of the molecule is COc1ccc(NC(=O)CC2OCC3CCCCN3C2=O)cc1. The lowest BCUT2D eigenvalue weighted by Crippen LogP contribution is -2.56. The summed E-state index contributed by atoms with van der Waals surface area (Å²) < 4.78 is 10.7. The molecule has 0 spiro atoms. The molecule has 3 rings (SSSR count). The summed E-state index contributed by atoms with van der Waals surface area (Å²) in [6.07, 6.45) is 2.56. The van der Waals surface area contributed by atoms with Gasteiger partial charge in [0.05, 0.1) is 26.2 Å². The quantitative estimate of drug-likeness (QED) is 0.919. The van der Waals surface area contributed by atoms with Crippen LogP contribution >= 0.6 is 0 Å². The molecule has 0 bridgehead atoms. The number of amides is 2. The van der Waals surface area contributed by atoms with Gasteiger partial charge in [0, 0.05) is 12.2 Å². The number of methoxy groups -OCH3 is 1. The van der Waals surface area contributed by atoms with Crippen LogP contribution in [0, 0.1) is 0 Å². The van der Waals surface area contributed by atoms with Crippen LogP contribution in [0.5, 0.6) is 5.75 Å². The van der Waals surface area contributed by atoms with Crippen molar-refractivity contribution in [2.24, 2.45) is 0 Å². The maximum atomic E-state index is 12.4. The smallest absolute Gasteiger partial charge is 0.252 e. The minimum absolute atomic E-state index is 0.0497. The van der Waals surface area contributed by atoms with Crippen LogP contribution in [-0.2, 0) is 14.3 Å². The molecule has 0 saturated carbocycles. The molecule has 1 aromatic rings. The van der Waals surface area contributed by atoms with E-state index in [0.717, 1.165) is 31.6 Å². The van der Waals surface area contributed by atoms with E-state index < -0.39 is 6.10 Å². The summed E-state index contributed by atoms with van der Waals surface area (Å²) in [7, 11) is 1.59. The van der Waals surface area contributed by atoms with Crippen molar-refractivity contribution in [2.75, 3.05) is 25.6 Å². The van der Waals surface area contributed by atoms with Crippen LogP contribution in [0.4, 0.5) is 5.69 Å². The zero-order valence-electron chi connectivity index (χ0n) is 13.3. The lowest BCUT2D eigenvalue weighted by molar-refractivity contribution is -0.163. The average Bonchev–Trinajstić information content (AvgIpc) is 2.58. The summed E-state index contributed by atoms with van der Waals surface area (Å²) in [6.45, 7) is 1.32. The van der Waals surface area contributed by atoms with Crippen LogP contribution in [-0.4, -0.2) is 49.1 Å². The third-order valence-electron chi connectivity index (χ3n) is 4.42. The summed E-state index contributed by atoms with van der Waals surface area (Å²) in [5, 5.41) is 2.79. The standard InChI is InChI=1S/C17H22N2O4/c1-22-14-7-5-12(6-8-14)18-16(20)10-15-17(21)19-9-3-2-4-13(19)11-23-15/h5-8,13,15H,2-4,9-11H2,1H3,(H,18,20). The summed E-state index contributed by atoms with van der Waals surface area (Å²) in [5.41, 5.74) is 0.676. The first-order chi connectivity index (χ1) is 11.2. The number of nitrogens with one attached hydrogen (secondary N) is 1. The predicted octanol–water partition coefficient (Wildman–Crippen LogP) is 1.80. The fraction of sp³-hybridized carbons (Fsp3) is 0.529. The second-order valence-electron chi connectivity index (χ2n) is 5.98.